The molecule has 1 unspecified atom stereocenters. The van der Waals surface area contributed by atoms with Crippen molar-refractivity contribution in [1.82, 2.24) is 10.2 Å². The molecular formula is C8H17N2. The van der Waals surface area contributed by atoms with Crippen LogP contribution in [0.3, 0.4) is 0 Å². The van der Waals surface area contributed by atoms with Crippen LogP contribution in [-0.4, -0.2) is 38.1 Å². The highest BCUT2D eigenvalue weighted by Gasteiger charge is 2.13. The fourth-order valence-electron chi connectivity index (χ4n) is 1.43. The minimum atomic E-state index is 0.628. The lowest BCUT2D eigenvalue weighted by Crippen LogP contribution is -2.36. The molecule has 1 aliphatic heterocycles. The lowest BCUT2D eigenvalue weighted by molar-refractivity contribution is 0.294. The zero-order valence-electron chi connectivity index (χ0n) is 7.01. The summed E-state index contributed by atoms with van der Waals surface area (Å²) in [4.78, 5) is 2.22. The van der Waals surface area contributed by atoms with Crippen LogP contribution in [0, 0.1) is 0 Å². The SMILES string of the molecule is CN(C)CC1CCCC[N]1. The summed E-state index contributed by atoms with van der Waals surface area (Å²) in [7, 11) is 4.23. The van der Waals surface area contributed by atoms with Crippen LogP contribution in [0.25, 0.3) is 0 Å². The van der Waals surface area contributed by atoms with Crippen molar-refractivity contribution < 1.29 is 0 Å². The summed E-state index contributed by atoms with van der Waals surface area (Å²) in [6, 6.07) is 0.628. The molecule has 10 heavy (non-hydrogen) atoms. The van der Waals surface area contributed by atoms with Gasteiger partial charge in [-0.05, 0) is 26.9 Å². The summed E-state index contributed by atoms with van der Waals surface area (Å²) in [5, 5.41) is 4.53. The largest absolute Gasteiger partial charge is 0.308 e. The molecule has 1 aliphatic rings. The summed E-state index contributed by atoms with van der Waals surface area (Å²) in [5.41, 5.74) is 0. The van der Waals surface area contributed by atoms with E-state index in [-0.39, 0.29) is 0 Å². The number of rotatable bonds is 2. The van der Waals surface area contributed by atoms with E-state index in [4.69, 9.17) is 0 Å². The molecule has 1 saturated heterocycles. The zero-order chi connectivity index (χ0) is 7.40. The van der Waals surface area contributed by atoms with Gasteiger partial charge in [0.15, 0.2) is 0 Å². The van der Waals surface area contributed by atoms with E-state index in [1.807, 2.05) is 0 Å². The van der Waals surface area contributed by atoms with E-state index in [0.717, 1.165) is 13.1 Å². The van der Waals surface area contributed by atoms with Crippen molar-refractivity contribution in [3.05, 3.63) is 0 Å². The molecule has 0 saturated carbocycles. The Kier molecular flexibility index (Phi) is 3.16. The first-order valence-corrected chi connectivity index (χ1v) is 4.10. The van der Waals surface area contributed by atoms with Crippen LogP contribution in [0.15, 0.2) is 0 Å². The van der Waals surface area contributed by atoms with Gasteiger partial charge < -0.3 is 4.90 Å². The Morgan fingerprint density at radius 3 is 2.70 bits per heavy atom. The Labute approximate surface area is 63.6 Å². The maximum absolute atomic E-state index is 4.53. The van der Waals surface area contributed by atoms with Gasteiger partial charge >= 0.3 is 0 Å². The number of likely N-dealkylation sites (N-methyl/N-ethyl adjacent to an activating group) is 1. The molecule has 1 fully saturated rings. The molecule has 2 nitrogen and oxygen atoms in total. The van der Waals surface area contributed by atoms with Crippen molar-refractivity contribution in [2.75, 3.05) is 27.2 Å². The lowest BCUT2D eigenvalue weighted by Gasteiger charge is -2.24. The third-order valence-corrected chi connectivity index (χ3v) is 1.91. The van der Waals surface area contributed by atoms with E-state index >= 15 is 0 Å². The Bertz CT molecular complexity index is 85.3. The van der Waals surface area contributed by atoms with Crippen LogP contribution < -0.4 is 5.32 Å². The second-order valence-corrected chi connectivity index (χ2v) is 3.32. The first-order valence-electron chi connectivity index (χ1n) is 4.10. The highest BCUT2D eigenvalue weighted by molar-refractivity contribution is 4.73. The number of piperidine rings is 1. The molecule has 59 valence electrons. The fourth-order valence-corrected chi connectivity index (χ4v) is 1.43. The van der Waals surface area contributed by atoms with E-state index < -0.39 is 0 Å². The van der Waals surface area contributed by atoms with Crippen molar-refractivity contribution >= 4 is 0 Å². The number of nitrogens with zero attached hydrogens (tertiary/aromatic N) is 2. The van der Waals surface area contributed by atoms with Gasteiger partial charge in [-0.1, -0.05) is 6.42 Å². The van der Waals surface area contributed by atoms with Crippen molar-refractivity contribution in [2.24, 2.45) is 0 Å². The Balaban J connectivity index is 2.13. The Morgan fingerprint density at radius 2 is 2.20 bits per heavy atom. The standard InChI is InChI=1S/C8H17N2/c1-10(2)7-8-5-3-4-6-9-8/h8H,3-7H2,1-2H3. The maximum atomic E-state index is 4.53. The molecule has 0 amide bonds. The van der Waals surface area contributed by atoms with E-state index in [1.165, 1.54) is 19.3 Å². The Morgan fingerprint density at radius 1 is 1.40 bits per heavy atom. The first-order chi connectivity index (χ1) is 4.79. The van der Waals surface area contributed by atoms with Gasteiger partial charge in [0, 0.05) is 19.1 Å². The molecule has 0 aromatic carbocycles. The smallest absolute Gasteiger partial charge is 0.0373 e. The summed E-state index contributed by atoms with van der Waals surface area (Å²) in [6.45, 7) is 2.23. The van der Waals surface area contributed by atoms with Crippen molar-refractivity contribution in [3.8, 4) is 0 Å². The third-order valence-electron chi connectivity index (χ3n) is 1.91. The normalized spacial score (nSPS) is 27.3. The van der Waals surface area contributed by atoms with Crippen LogP contribution >= 0.6 is 0 Å². The molecular weight excluding hydrogens is 124 g/mol. The molecule has 0 aromatic heterocycles. The molecule has 1 atom stereocenters. The summed E-state index contributed by atoms with van der Waals surface area (Å²) >= 11 is 0. The molecule has 1 heterocycles. The second-order valence-electron chi connectivity index (χ2n) is 3.32. The molecule has 0 aromatic rings. The summed E-state index contributed by atoms with van der Waals surface area (Å²) in [5.74, 6) is 0. The van der Waals surface area contributed by atoms with E-state index in [1.54, 1.807) is 0 Å². The van der Waals surface area contributed by atoms with Crippen LogP contribution in [-0.2, 0) is 0 Å². The third kappa shape index (κ3) is 2.67. The molecule has 0 bridgehead atoms. The van der Waals surface area contributed by atoms with Gasteiger partial charge in [0.05, 0.1) is 0 Å². The predicted molar refractivity (Wildman–Crippen MR) is 43.2 cm³/mol. The summed E-state index contributed by atoms with van der Waals surface area (Å²) in [6.07, 6.45) is 3.99. The predicted octanol–water partition coefficient (Wildman–Crippen LogP) is 0.705. The topological polar surface area (TPSA) is 17.3 Å². The second kappa shape index (κ2) is 3.94. The highest BCUT2D eigenvalue weighted by Crippen LogP contribution is 2.08. The van der Waals surface area contributed by atoms with Gasteiger partial charge in [-0.3, -0.25) is 0 Å². The molecule has 0 N–H and O–H groups in total. The van der Waals surface area contributed by atoms with Crippen molar-refractivity contribution in [2.45, 2.75) is 25.3 Å². The minimum Gasteiger partial charge on any atom is -0.308 e. The van der Waals surface area contributed by atoms with Gasteiger partial charge in [-0.25, -0.2) is 5.32 Å². The maximum Gasteiger partial charge on any atom is 0.0373 e. The molecule has 0 spiro atoms. The van der Waals surface area contributed by atoms with Crippen LogP contribution in [0.1, 0.15) is 19.3 Å². The summed E-state index contributed by atoms with van der Waals surface area (Å²) < 4.78 is 0. The van der Waals surface area contributed by atoms with Crippen LogP contribution in [0.4, 0.5) is 0 Å². The van der Waals surface area contributed by atoms with Gasteiger partial charge in [0.2, 0.25) is 0 Å². The quantitative estimate of drug-likeness (QED) is 0.553. The average molecular weight is 141 g/mol. The van der Waals surface area contributed by atoms with Gasteiger partial charge in [-0.2, -0.15) is 0 Å². The Hall–Kier alpha value is -0.0800. The molecule has 1 rings (SSSR count). The van der Waals surface area contributed by atoms with Crippen LogP contribution in [0.5, 0.6) is 0 Å². The number of hydrogen-bond acceptors (Lipinski definition) is 1. The monoisotopic (exact) mass is 141 g/mol. The van der Waals surface area contributed by atoms with Crippen molar-refractivity contribution in [3.63, 3.8) is 0 Å². The van der Waals surface area contributed by atoms with E-state index in [9.17, 15) is 0 Å². The van der Waals surface area contributed by atoms with Crippen LogP contribution in [0.2, 0.25) is 0 Å². The van der Waals surface area contributed by atoms with Crippen molar-refractivity contribution in [1.29, 1.82) is 0 Å². The number of hydrogen-bond donors (Lipinski definition) is 0. The fraction of sp³-hybridized carbons (Fsp3) is 1.00. The van der Waals surface area contributed by atoms with Gasteiger partial charge in [-0.15, -0.1) is 0 Å². The van der Waals surface area contributed by atoms with Gasteiger partial charge in [0.1, 0.15) is 0 Å². The highest BCUT2D eigenvalue weighted by atomic mass is 15.1. The lowest BCUT2D eigenvalue weighted by atomic mass is 10.1. The average Bonchev–Trinajstić information content (AvgIpc) is 1.88. The molecule has 1 radical (unpaired) electrons. The zero-order valence-corrected chi connectivity index (χ0v) is 7.01. The van der Waals surface area contributed by atoms with Gasteiger partial charge in [0.25, 0.3) is 0 Å². The van der Waals surface area contributed by atoms with E-state index in [2.05, 4.69) is 24.3 Å². The molecule has 0 aliphatic carbocycles. The van der Waals surface area contributed by atoms with E-state index in [0.29, 0.717) is 6.04 Å². The minimum absolute atomic E-state index is 0.628. The first kappa shape index (κ1) is 8.02. The molecule has 2 heteroatoms.